The van der Waals surface area contributed by atoms with Gasteiger partial charge in [-0.15, -0.1) is 0 Å². The molecule has 1 aliphatic heterocycles. The minimum atomic E-state index is -3.14. The summed E-state index contributed by atoms with van der Waals surface area (Å²) in [6.45, 7) is 4.58. The predicted molar refractivity (Wildman–Crippen MR) is 96.3 cm³/mol. The SMILES string of the molecule is COc1ccc2c(C)cc(N3CCCN(S(C)(=O)=O)CC3)nc2c1. The molecule has 2 aromatic rings. The normalized spacial score (nSPS) is 17.0. The molecule has 1 fully saturated rings. The summed E-state index contributed by atoms with van der Waals surface area (Å²) in [6.07, 6.45) is 2.07. The van der Waals surface area contributed by atoms with Gasteiger partial charge in [0.25, 0.3) is 0 Å². The van der Waals surface area contributed by atoms with E-state index in [4.69, 9.17) is 9.72 Å². The molecule has 1 aromatic heterocycles. The van der Waals surface area contributed by atoms with E-state index < -0.39 is 10.0 Å². The maximum absolute atomic E-state index is 11.8. The molecule has 3 rings (SSSR count). The Bertz CT molecular complexity index is 852. The predicted octanol–water partition coefficient (Wildman–Crippen LogP) is 2.02. The first-order chi connectivity index (χ1) is 11.4. The Kier molecular flexibility index (Phi) is 4.64. The van der Waals surface area contributed by atoms with Crippen molar-refractivity contribution in [3.63, 3.8) is 0 Å². The van der Waals surface area contributed by atoms with Gasteiger partial charge in [-0.2, -0.15) is 0 Å². The zero-order valence-electron chi connectivity index (χ0n) is 14.3. The third-order valence-corrected chi connectivity index (χ3v) is 5.76. The summed E-state index contributed by atoms with van der Waals surface area (Å²) >= 11 is 0. The molecule has 0 radical (unpaired) electrons. The van der Waals surface area contributed by atoms with Gasteiger partial charge in [-0.25, -0.2) is 17.7 Å². The molecule has 0 atom stereocenters. The molecular formula is C17H23N3O3S. The lowest BCUT2D eigenvalue weighted by Gasteiger charge is -2.23. The molecule has 130 valence electrons. The van der Waals surface area contributed by atoms with Crippen LogP contribution in [0.4, 0.5) is 5.82 Å². The standard InChI is InChI=1S/C17H23N3O3S/c1-13-11-17(18-16-12-14(23-2)5-6-15(13)16)19-7-4-8-20(10-9-19)24(3,21)22/h5-6,11-12H,4,7-10H2,1-3H3. The lowest BCUT2D eigenvalue weighted by Crippen LogP contribution is -2.34. The van der Waals surface area contributed by atoms with E-state index in [2.05, 4.69) is 17.9 Å². The lowest BCUT2D eigenvalue weighted by molar-refractivity contribution is 0.415. The maximum Gasteiger partial charge on any atom is 0.211 e. The van der Waals surface area contributed by atoms with Crippen LogP contribution in [0.25, 0.3) is 10.9 Å². The first-order valence-corrected chi connectivity index (χ1v) is 9.89. The van der Waals surface area contributed by atoms with E-state index in [-0.39, 0.29) is 0 Å². The molecule has 0 bridgehead atoms. The van der Waals surface area contributed by atoms with Crippen LogP contribution in [0.2, 0.25) is 0 Å². The molecule has 0 unspecified atom stereocenters. The molecule has 7 heteroatoms. The molecule has 1 saturated heterocycles. The number of methoxy groups -OCH3 is 1. The van der Waals surface area contributed by atoms with Gasteiger partial charge in [0.1, 0.15) is 11.6 Å². The van der Waals surface area contributed by atoms with Crippen molar-refractivity contribution < 1.29 is 13.2 Å². The van der Waals surface area contributed by atoms with Gasteiger partial charge >= 0.3 is 0 Å². The highest BCUT2D eigenvalue weighted by molar-refractivity contribution is 7.88. The van der Waals surface area contributed by atoms with Crippen LogP contribution in [-0.4, -0.2) is 57.3 Å². The van der Waals surface area contributed by atoms with Crippen molar-refractivity contribution in [3.05, 3.63) is 29.8 Å². The minimum absolute atomic E-state index is 0.496. The number of nitrogens with zero attached hydrogens (tertiary/aromatic N) is 3. The first kappa shape index (κ1) is 17.0. The van der Waals surface area contributed by atoms with Crippen molar-refractivity contribution in [2.75, 3.05) is 44.4 Å². The third kappa shape index (κ3) is 3.47. The monoisotopic (exact) mass is 349 g/mol. The molecule has 0 N–H and O–H groups in total. The molecule has 6 nitrogen and oxygen atoms in total. The van der Waals surface area contributed by atoms with Crippen LogP contribution in [-0.2, 0) is 10.0 Å². The summed E-state index contributed by atoms with van der Waals surface area (Å²) < 4.78 is 30.4. The van der Waals surface area contributed by atoms with Gasteiger partial charge in [0.15, 0.2) is 0 Å². The van der Waals surface area contributed by atoms with Gasteiger partial charge in [-0.3, -0.25) is 0 Å². The van der Waals surface area contributed by atoms with Crippen LogP contribution in [0.3, 0.4) is 0 Å². The fourth-order valence-electron chi connectivity index (χ4n) is 3.11. The number of aryl methyl sites for hydroxylation is 1. The highest BCUT2D eigenvalue weighted by atomic mass is 32.2. The highest BCUT2D eigenvalue weighted by Gasteiger charge is 2.22. The van der Waals surface area contributed by atoms with Crippen molar-refractivity contribution in [3.8, 4) is 5.75 Å². The molecule has 0 spiro atoms. The van der Waals surface area contributed by atoms with Gasteiger partial charge in [0.05, 0.1) is 18.9 Å². The Morgan fingerprint density at radius 2 is 1.92 bits per heavy atom. The molecule has 0 saturated carbocycles. The Labute approximate surface area is 143 Å². The van der Waals surface area contributed by atoms with Crippen LogP contribution in [0, 0.1) is 6.92 Å². The Morgan fingerprint density at radius 3 is 2.62 bits per heavy atom. The summed E-state index contributed by atoms with van der Waals surface area (Å²) in [4.78, 5) is 6.94. The number of fused-ring (bicyclic) bond motifs is 1. The molecule has 1 aromatic carbocycles. The number of hydrogen-bond acceptors (Lipinski definition) is 5. The average Bonchev–Trinajstić information content (AvgIpc) is 2.80. The average molecular weight is 349 g/mol. The van der Waals surface area contributed by atoms with Crippen LogP contribution in [0.5, 0.6) is 5.75 Å². The maximum atomic E-state index is 11.8. The number of ether oxygens (including phenoxy) is 1. The summed E-state index contributed by atoms with van der Waals surface area (Å²) in [5.41, 5.74) is 2.05. The Balaban J connectivity index is 1.91. The van der Waals surface area contributed by atoms with E-state index in [0.717, 1.165) is 41.0 Å². The Morgan fingerprint density at radius 1 is 1.12 bits per heavy atom. The van der Waals surface area contributed by atoms with Gasteiger partial charge in [0, 0.05) is 37.6 Å². The third-order valence-electron chi connectivity index (χ3n) is 4.46. The number of benzene rings is 1. The second-order valence-electron chi connectivity index (χ2n) is 6.18. The van der Waals surface area contributed by atoms with Crippen molar-refractivity contribution in [2.45, 2.75) is 13.3 Å². The van der Waals surface area contributed by atoms with Crippen LogP contribution in [0.1, 0.15) is 12.0 Å². The molecule has 2 heterocycles. The van der Waals surface area contributed by atoms with E-state index in [0.29, 0.717) is 19.6 Å². The van der Waals surface area contributed by atoms with E-state index in [9.17, 15) is 8.42 Å². The van der Waals surface area contributed by atoms with Gasteiger partial charge in [0.2, 0.25) is 10.0 Å². The largest absolute Gasteiger partial charge is 0.497 e. The number of aromatic nitrogens is 1. The quantitative estimate of drug-likeness (QED) is 0.848. The van der Waals surface area contributed by atoms with Crippen molar-refractivity contribution in [2.24, 2.45) is 0 Å². The molecular weight excluding hydrogens is 326 g/mol. The number of sulfonamides is 1. The van der Waals surface area contributed by atoms with Gasteiger partial charge < -0.3 is 9.64 Å². The summed E-state index contributed by atoms with van der Waals surface area (Å²) in [5.74, 6) is 1.68. The van der Waals surface area contributed by atoms with E-state index in [1.807, 2.05) is 18.2 Å². The van der Waals surface area contributed by atoms with Gasteiger partial charge in [-0.1, -0.05) is 0 Å². The first-order valence-electron chi connectivity index (χ1n) is 8.04. The highest BCUT2D eigenvalue weighted by Crippen LogP contribution is 2.26. The number of anilines is 1. The zero-order chi connectivity index (χ0) is 17.3. The number of pyridine rings is 1. The van der Waals surface area contributed by atoms with Crippen LogP contribution >= 0.6 is 0 Å². The van der Waals surface area contributed by atoms with Crippen molar-refractivity contribution >= 4 is 26.7 Å². The summed E-state index contributed by atoms with van der Waals surface area (Å²) in [6, 6.07) is 7.97. The smallest absolute Gasteiger partial charge is 0.211 e. The van der Waals surface area contributed by atoms with Crippen LogP contribution < -0.4 is 9.64 Å². The Hall–Kier alpha value is -1.86. The minimum Gasteiger partial charge on any atom is -0.497 e. The van der Waals surface area contributed by atoms with Crippen molar-refractivity contribution in [1.29, 1.82) is 0 Å². The zero-order valence-corrected chi connectivity index (χ0v) is 15.1. The molecule has 0 aliphatic carbocycles. The van der Waals surface area contributed by atoms with E-state index >= 15 is 0 Å². The molecule has 1 aliphatic rings. The second-order valence-corrected chi connectivity index (χ2v) is 8.17. The number of rotatable bonds is 3. The fourth-order valence-corrected chi connectivity index (χ4v) is 3.98. The summed E-state index contributed by atoms with van der Waals surface area (Å²) in [7, 11) is -1.49. The second kappa shape index (κ2) is 6.57. The topological polar surface area (TPSA) is 62.7 Å². The summed E-state index contributed by atoms with van der Waals surface area (Å²) in [5, 5.41) is 1.10. The van der Waals surface area contributed by atoms with E-state index in [1.54, 1.807) is 11.4 Å². The van der Waals surface area contributed by atoms with Crippen molar-refractivity contribution in [1.82, 2.24) is 9.29 Å². The lowest BCUT2D eigenvalue weighted by atomic mass is 10.1. The number of hydrogen-bond donors (Lipinski definition) is 0. The molecule has 0 amide bonds. The molecule has 24 heavy (non-hydrogen) atoms. The van der Waals surface area contributed by atoms with E-state index in [1.165, 1.54) is 6.26 Å². The van der Waals surface area contributed by atoms with Gasteiger partial charge in [-0.05, 0) is 37.1 Å². The van der Waals surface area contributed by atoms with Crippen LogP contribution in [0.15, 0.2) is 24.3 Å². The fraction of sp³-hybridized carbons (Fsp3) is 0.471.